The van der Waals surface area contributed by atoms with Crippen LogP contribution >= 0.6 is 0 Å². The van der Waals surface area contributed by atoms with E-state index in [2.05, 4.69) is 5.32 Å². The van der Waals surface area contributed by atoms with Crippen LogP contribution in [0.2, 0.25) is 0 Å². The van der Waals surface area contributed by atoms with Crippen molar-refractivity contribution in [1.29, 1.82) is 5.26 Å². The van der Waals surface area contributed by atoms with Crippen LogP contribution in [0.5, 0.6) is 5.75 Å². The molecule has 1 N–H and O–H groups in total. The molecule has 0 saturated heterocycles. The molecule has 0 unspecified atom stereocenters. The molecule has 0 saturated carbocycles. The Labute approximate surface area is 174 Å². The first-order chi connectivity index (χ1) is 14.4. The third kappa shape index (κ3) is 5.49. The molecule has 7 nitrogen and oxygen atoms in total. The zero-order valence-electron chi connectivity index (χ0n) is 16.7. The van der Waals surface area contributed by atoms with E-state index in [0.29, 0.717) is 29.3 Å². The second kappa shape index (κ2) is 9.43. The average molecular weight is 403 g/mol. The van der Waals surface area contributed by atoms with Crippen molar-refractivity contribution >= 4 is 17.5 Å². The van der Waals surface area contributed by atoms with E-state index in [9.17, 15) is 9.59 Å². The van der Waals surface area contributed by atoms with E-state index in [4.69, 9.17) is 14.4 Å². The fraction of sp³-hybridized carbons (Fsp3) is 0.174. The summed E-state index contributed by atoms with van der Waals surface area (Å²) in [5.41, 5.74) is 2.07. The van der Waals surface area contributed by atoms with Crippen LogP contribution in [-0.2, 0) is 17.9 Å². The van der Waals surface area contributed by atoms with Gasteiger partial charge in [-0.15, -0.1) is 0 Å². The molecule has 0 bridgehead atoms. The summed E-state index contributed by atoms with van der Waals surface area (Å²) in [6.07, 6.45) is 0. The van der Waals surface area contributed by atoms with Crippen molar-refractivity contribution in [3.63, 3.8) is 0 Å². The smallest absolute Gasteiger partial charge is 0.291 e. The summed E-state index contributed by atoms with van der Waals surface area (Å²) in [6, 6.07) is 19.3. The molecule has 0 atom stereocenters. The molecule has 2 aromatic carbocycles. The summed E-state index contributed by atoms with van der Waals surface area (Å²) < 4.78 is 11.2. The van der Waals surface area contributed by atoms with Gasteiger partial charge < -0.3 is 19.4 Å². The monoisotopic (exact) mass is 403 g/mol. The number of anilines is 1. The van der Waals surface area contributed by atoms with Gasteiger partial charge in [0, 0.05) is 26.2 Å². The Morgan fingerprint density at radius 3 is 2.60 bits per heavy atom. The maximum Gasteiger partial charge on any atom is 0.291 e. The van der Waals surface area contributed by atoms with Crippen LogP contribution in [0.1, 0.15) is 34.4 Å². The second-order valence-electron chi connectivity index (χ2n) is 6.72. The molecule has 0 aliphatic rings. The summed E-state index contributed by atoms with van der Waals surface area (Å²) in [7, 11) is 1.72. The third-order valence-electron chi connectivity index (χ3n) is 4.39. The van der Waals surface area contributed by atoms with Gasteiger partial charge in [-0.1, -0.05) is 12.1 Å². The lowest BCUT2D eigenvalue weighted by Gasteiger charge is -2.15. The Kier molecular flexibility index (Phi) is 6.50. The molecule has 0 spiro atoms. The Balaban J connectivity index is 1.58. The minimum atomic E-state index is -0.378. The van der Waals surface area contributed by atoms with E-state index in [0.717, 1.165) is 5.56 Å². The number of nitrogens with zero attached hydrogens (tertiary/aromatic N) is 2. The normalized spacial score (nSPS) is 10.2. The molecule has 30 heavy (non-hydrogen) atoms. The van der Waals surface area contributed by atoms with E-state index in [1.165, 1.54) is 6.92 Å². The lowest BCUT2D eigenvalue weighted by molar-refractivity contribution is -0.128. The van der Waals surface area contributed by atoms with E-state index < -0.39 is 0 Å². The quantitative estimate of drug-likeness (QED) is 0.644. The highest BCUT2D eigenvalue weighted by atomic mass is 16.5. The van der Waals surface area contributed by atoms with E-state index >= 15 is 0 Å². The van der Waals surface area contributed by atoms with Crippen molar-refractivity contribution in [2.75, 3.05) is 12.4 Å². The van der Waals surface area contributed by atoms with Crippen LogP contribution in [0.15, 0.2) is 65.1 Å². The summed E-state index contributed by atoms with van der Waals surface area (Å²) in [4.78, 5) is 25.5. The number of rotatable bonds is 7. The maximum absolute atomic E-state index is 12.5. The fourth-order valence-corrected chi connectivity index (χ4v) is 2.68. The average Bonchev–Trinajstić information content (AvgIpc) is 3.22. The van der Waals surface area contributed by atoms with Crippen molar-refractivity contribution in [2.45, 2.75) is 20.1 Å². The number of amides is 2. The molecule has 2 amide bonds. The summed E-state index contributed by atoms with van der Waals surface area (Å²) in [5, 5.41) is 11.6. The highest BCUT2D eigenvalue weighted by molar-refractivity contribution is 6.02. The summed E-state index contributed by atoms with van der Waals surface area (Å²) in [6.45, 7) is 2.12. The maximum atomic E-state index is 12.5. The first-order valence-electron chi connectivity index (χ1n) is 9.28. The highest BCUT2D eigenvalue weighted by Crippen LogP contribution is 2.17. The standard InChI is InChI=1S/C23H21N3O4/c1-16(27)26(2)14-18-4-3-5-19(12-18)25-23(28)22-11-10-21(30-22)15-29-20-8-6-17(13-24)7-9-20/h3-12H,14-15H2,1-2H3,(H,25,28). The van der Waals surface area contributed by atoms with Crippen molar-refractivity contribution in [3.8, 4) is 11.8 Å². The van der Waals surface area contributed by atoms with Gasteiger partial charge in [-0.05, 0) is 54.1 Å². The number of carbonyl (C=O) groups is 2. The van der Waals surface area contributed by atoms with Crippen LogP contribution in [-0.4, -0.2) is 23.8 Å². The number of nitrogens with one attached hydrogen (secondary N) is 1. The first kappa shape index (κ1) is 20.7. The first-order valence-corrected chi connectivity index (χ1v) is 9.28. The Bertz CT molecular complexity index is 1080. The molecule has 1 heterocycles. The molecule has 152 valence electrons. The van der Waals surface area contributed by atoms with Gasteiger partial charge in [-0.2, -0.15) is 5.26 Å². The molecular weight excluding hydrogens is 382 g/mol. The molecule has 3 aromatic rings. The Hall–Kier alpha value is -4.05. The van der Waals surface area contributed by atoms with Gasteiger partial charge in [0.25, 0.3) is 5.91 Å². The second-order valence-corrected chi connectivity index (χ2v) is 6.72. The lowest BCUT2D eigenvalue weighted by atomic mass is 10.2. The van der Waals surface area contributed by atoms with E-state index in [-0.39, 0.29) is 24.2 Å². The number of carbonyl (C=O) groups excluding carboxylic acids is 2. The number of ether oxygens (including phenoxy) is 1. The molecular formula is C23H21N3O4. The van der Waals surface area contributed by atoms with Crippen LogP contribution in [0.25, 0.3) is 0 Å². The largest absolute Gasteiger partial charge is 0.486 e. The summed E-state index contributed by atoms with van der Waals surface area (Å²) >= 11 is 0. The topological polar surface area (TPSA) is 95.6 Å². The van der Waals surface area contributed by atoms with Crippen LogP contribution in [0, 0.1) is 11.3 Å². The van der Waals surface area contributed by atoms with Gasteiger partial charge in [0.05, 0.1) is 11.6 Å². The SMILES string of the molecule is CC(=O)N(C)Cc1cccc(NC(=O)c2ccc(COc3ccc(C#N)cc3)o2)c1. The molecule has 1 aromatic heterocycles. The molecule has 7 heteroatoms. The number of hydrogen-bond acceptors (Lipinski definition) is 5. The minimum absolute atomic E-state index is 0.0317. The molecule has 3 rings (SSSR count). The van der Waals surface area contributed by atoms with Crippen molar-refractivity contribution in [1.82, 2.24) is 4.90 Å². The number of hydrogen-bond donors (Lipinski definition) is 1. The lowest BCUT2D eigenvalue weighted by Crippen LogP contribution is -2.23. The van der Waals surface area contributed by atoms with Crippen LogP contribution < -0.4 is 10.1 Å². The predicted octanol–water partition coefficient (Wildman–Crippen LogP) is 3.96. The van der Waals surface area contributed by atoms with Gasteiger partial charge in [-0.3, -0.25) is 9.59 Å². The van der Waals surface area contributed by atoms with Crippen LogP contribution in [0.3, 0.4) is 0 Å². The molecule has 0 radical (unpaired) electrons. The Morgan fingerprint density at radius 2 is 1.90 bits per heavy atom. The fourth-order valence-electron chi connectivity index (χ4n) is 2.68. The van der Waals surface area contributed by atoms with E-state index in [1.807, 2.05) is 24.3 Å². The third-order valence-corrected chi connectivity index (χ3v) is 4.39. The minimum Gasteiger partial charge on any atom is -0.486 e. The predicted molar refractivity (Wildman–Crippen MR) is 111 cm³/mol. The van der Waals surface area contributed by atoms with E-state index in [1.54, 1.807) is 54.4 Å². The molecule has 0 fully saturated rings. The van der Waals surface area contributed by atoms with Gasteiger partial charge >= 0.3 is 0 Å². The number of nitriles is 1. The van der Waals surface area contributed by atoms with Crippen molar-refractivity contribution in [3.05, 3.63) is 83.3 Å². The van der Waals surface area contributed by atoms with Gasteiger partial charge in [0.15, 0.2) is 5.76 Å². The van der Waals surface area contributed by atoms with Crippen molar-refractivity contribution in [2.24, 2.45) is 0 Å². The van der Waals surface area contributed by atoms with Crippen LogP contribution in [0.4, 0.5) is 5.69 Å². The molecule has 0 aliphatic heterocycles. The Morgan fingerprint density at radius 1 is 1.13 bits per heavy atom. The van der Waals surface area contributed by atoms with Gasteiger partial charge in [-0.25, -0.2) is 0 Å². The highest BCUT2D eigenvalue weighted by Gasteiger charge is 2.13. The number of furan rings is 1. The van der Waals surface area contributed by atoms with Crippen molar-refractivity contribution < 1.29 is 18.7 Å². The van der Waals surface area contributed by atoms with Gasteiger partial charge in [0.1, 0.15) is 18.1 Å². The zero-order valence-corrected chi connectivity index (χ0v) is 16.7. The number of benzene rings is 2. The zero-order chi connectivity index (χ0) is 21.5. The summed E-state index contributed by atoms with van der Waals surface area (Å²) in [5.74, 6) is 0.859. The molecule has 0 aliphatic carbocycles. The van der Waals surface area contributed by atoms with Gasteiger partial charge in [0.2, 0.25) is 5.91 Å².